The van der Waals surface area contributed by atoms with Gasteiger partial charge in [0.2, 0.25) is 5.91 Å². The van der Waals surface area contributed by atoms with Gasteiger partial charge in [0.15, 0.2) is 0 Å². The second-order valence-corrected chi connectivity index (χ2v) is 5.50. The number of hydrogen-bond acceptors (Lipinski definition) is 3. The van der Waals surface area contributed by atoms with Crippen LogP contribution in [-0.2, 0) is 11.2 Å². The molecule has 1 aromatic rings. The first kappa shape index (κ1) is 13.9. The van der Waals surface area contributed by atoms with E-state index in [9.17, 15) is 9.90 Å². The van der Waals surface area contributed by atoms with Crippen molar-refractivity contribution >= 4 is 11.6 Å². The van der Waals surface area contributed by atoms with Crippen molar-refractivity contribution in [1.29, 1.82) is 0 Å². The van der Waals surface area contributed by atoms with Gasteiger partial charge in [0.05, 0.1) is 11.1 Å². The minimum atomic E-state index is -0.396. The second-order valence-electron chi connectivity index (χ2n) is 5.50. The maximum Gasteiger partial charge on any atom is 0.231 e. The van der Waals surface area contributed by atoms with Crippen LogP contribution in [0, 0.1) is 5.41 Å². The number of amides is 1. The number of aromatic hydroxyl groups is 1. The smallest absolute Gasteiger partial charge is 0.231 e. The molecule has 1 amide bonds. The minimum absolute atomic E-state index is 0.0248. The summed E-state index contributed by atoms with van der Waals surface area (Å²) in [6.07, 6.45) is 2.76. The molecule has 104 valence electrons. The van der Waals surface area contributed by atoms with E-state index in [2.05, 4.69) is 10.6 Å². The van der Waals surface area contributed by atoms with Crippen LogP contribution in [0.1, 0.15) is 32.3 Å². The van der Waals surface area contributed by atoms with E-state index in [-0.39, 0.29) is 11.7 Å². The molecule has 3 N–H and O–H groups in total. The highest BCUT2D eigenvalue weighted by atomic mass is 16.3. The molecule has 4 nitrogen and oxygen atoms in total. The molecule has 1 aliphatic rings. The van der Waals surface area contributed by atoms with E-state index in [1.807, 2.05) is 26.0 Å². The number of phenols is 1. The Labute approximate surface area is 114 Å². The van der Waals surface area contributed by atoms with E-state index in [4.69, 9.17) is 0 Å². The molecule has 1 aliphatic heterocycles. The fraction of sp³-hybridized carbons (Fsp3) is 0.533. The third kappa shape index (κ3) is 3.07. The zero-order valence-electron chi connectivity index (χ0n) is 11.6. The Hall–Kier alpha value is -1.55. The number of rotatable bonds is 3. The maximum absolute atomic E-state index is 12.4. The lowest BCUT2D eigenvalue weighted by atomic mass is 9.82. The van der Waals surface area contributed by atoms with E-state index in [0.717, 1.165) is 31.4 Å². The quantitative estimate of drug-likeness (QED) is 0.732. The zero-order chi connectivity index (χ0) is 13.9. The standard InChI is InChI=1S/C15H22N2O2/c1-3-11-5-6-13(18)12(9-11)17-14(19)15(2)7-4-8-16-10-15/h5-6,9,16,18H,3-4,7-8,10H2,1-2H3,(H,17,19). The van der Waals surface area contributed by atoms with Gasteiger partial charge in [0.25, 0.3) is 0 Å². The molecule has 2 rings (SSSR count). The predicted molar refractivity (Wildman–Crippen MR) is 76.3 cm³/mol. The normalized spacial score (nSPS) is 23.1. The van der Waals surface area contributed by atoms with Crippen LogP contribution in [0.2, 0.25) is 0 Å². The first-order chi connectivity index (χ1) is 9.05. The number of aryl methyl sites for hydroxylation is 1. The Morgan fingerprint density at radius 1 is 1.53 bits per heavy atom. The third-order valence-electron chi connectivity index (χ3n) is 3.86. The zero-order valence-corrected chi connectivity index (χ0v) is 11.6. The highest BCUT2D eigenvalue weighted by Crippen LogP contribution is 2.30. The summed E-state index contributed by atoms with van der Waals surface area (Å²) in [7, 11) is 0. The predicted octanol–water partition coefficient (Wildman–Crippen LogP) is 2.28. The minimum Gasteiger partial charge on any atom is -0.506 e. The number of piperidine rings is 1. The molecule has 4 heteroatoms. The first-order valence-electron chi connectivity index (χ1n) is 6.89. The van der Waals surface area contributed by atoms with Crippen LogP contribution in [0.25, 0.3) is 0 Å². The van der Waals surface area contributed by atoms with Crippen LogP contribution in [0.15, 0.2) is 18.2 Å². The van der Waals surface area contributed by atoms with E-state index in [0.29, 0.717) is 12.2 Å². The van der Waals surface area contributed by atoms with Gasteiger partial charge in [-0.3, -0.25) is 4.79 Å². The Bertz CT molecular complexity index is 465. The molecule has 1 saturated heterocycles. The topological polar surface area (TPSA) is 61.4 Å². The van der Waals surface area contributed by atoms with Crippen LogP contribution in [0.3, 0.4) is 0 Å². The van der Waals surface area contributed by atoms with Gasteiger partial charge in [-0.05, 0) is 50.4 Å². The van der Waals surface area contributed by atoms with Crippen molar-refractivity contribution in [3.63, 3.8) is 0 Å². The monoisotopic (exact) mass is 262 g/mol. The summed E-state index contributed by atoms with van der Waals surface area (Å²) < 4.78 is 0. The molecular weight excluding hydrogens is 240 g/mol. The number of nitrogens with one attached hydrogen (secondary N) is 2. The van der Waals surface area contributed by atoms with Gasteiger partial charge >= 0.3 is 0 Å². The summed E-state index contributed by atoms with van der Waals surface area (Å²) in [5.74, 6) is 0.0983. The van der Waals surface area contributed by atoms with Gasteiger partial charge in [-0.1, -0.05) is 13.0 Å². The summed E-state index contributed by atoms with van der Waals surface area (Å²) in [5, 5.41) is 16.0. The lowest BCUT2D eigenvalue weighted by Crippen LogP contribution is -2.46. The molecule has 0 spiro atoms. The third-order valence-corrected chi connectivity index (χ3v) is 3.86. The maximum atomic E-state index is 12.4. The molecule has 1 heterocycles. The van der Waals surface area contributed by atoms with E-state index in [1.54, 1.807) is 6.07 Å². The highest BCUT2D eigenvalue weighted by Gasteiger charge is 2.34. The number of phenolic OH excluding ortho intramolecular Hbond substituents is 1. The van der Waals surface area contributed by atoms with Crippen LogP contribution in [-0.4, -0.2) is 24.1 Å². The van der Waals surface area contributed by atoms with Gasteiger partial charge in [0, 0.05) is 6.54 Å². The average molecular weight is 262 g/mol. The fourth-order valence-electron chi connectivity index (χ4n) is 2.43. The Kier molecular flexibility index (Phi) is 4.10. The van der Waals surface area contributed by atoms with Gasteiger partial charge in [-0.2, -0.15) is 0 Å². The van der Waals surface area contributed by atoms with Crippen molar-refractivity contribution in [2.45, 2.75) is 33.1 Å². The lowest BCUT2D eigenvalue weighted by molar-refractivity contribution is -0.125. The molecule has 1 unspecified atom stereocenters. The van der Waals surface area contributed by atoms with Crippen LogP contribution in [0.4, 0.5) is 5.69 Å². The van der Waals surface area contributed by atoms with Gasteiger partial charge in [0.1, 0.15) is 5.75 Å². The number of carbonyl (C=O) groups excluding carboxylic acids is 1. The summed E-state index contributed by atoms with van der Waals surface area (Å²) in [5.41, 5.74) is 1.21. The second kappa shape index (κ2) is 5.61. The van der Waals surface area contributed by atoms with Crippen molar-refractivity contribution in [3.8, 4) is 5.75 Å². The Morgan fingerprint density at radius 2 is 2.32 bits per heavy atom. The molecule has 1 aromatic carbocycles. The molecule has 0 aromatic heterocycles. The van der Waals surface area contributed by atoms with Gasteiger partial charge in [-0.15, -0.1) is 0 Å². The first-order valence-corrected chi connectivity index (χ1v) is 6.89. The molecule has 1 atom stereocenters. The van der Waals surface area contributed by atoms with Gasteiger partial charge in [-0.25, -0.2) is 0 Å². The largest absolute Gasteiger partial charge is 0.506 e. The van der Waals surface area contributed by atoms with Crippen molar-refractivity contribution in [2.75, 3.05) is 18.4 Å². The van der Waals surface area contributed by atoms with Crippen molar-refractivity contribution in [1.82, 2.24) is 5.32 Å². The summed E-state index contributed by atoms with van der Waals surface area (Å²) >= 11 is 0. The summed E-state index contributed by atoms with van der Waals surface area (Å²) in [4.78, 5) is 12.4. The van der Waals surface area contributed by atoms with Crippen LogP contribution in [0.5, 0.6) is 5.75 Å². The number of carbonyl (C=O) groups is 1. The van der Waals surface area contributed by atoms with Crippen LogP contribution >= 0.6 is 0 Å². The molecule has 0 radical (unpaired) electrons. The molecule has 1 fully saturated rings. The Balaban J connectivity index is 2.14. The molecular formula is C15H22N2O2. The number of benzene rings is 1. The van der Waals surface area contributed by atoms with Crippen molar-refractivity contribution in [3.05, 3.63) is 23.8 Å². The number of anilines is 1. The Morgan fingerprint density at radius 3 is 2.95 bits per heavy atom. The SMILES string of the molecule is CCc1ccc(O)c(NC(=O)C2(C)CCCNC2)c1. The average Bonchev–Trinajstić information content (AvgIpc) is 2.42. The molecule has 19 heavy (non-hydrogen) atoms. The van der Waals surface area contributed by atoms with Crippen LogP contribution < -0.4 is 10.6 Å². The molecule has 0 aliphatic carbocycles. The number of hydrogen-bond donors (Lipinski definition) is 3. The summed E-state index contributed by atoms with van der Waals surface area (Å²) in [6, 6.07) is 5.34. The van der Waals surface area contributed by atoms with E-state index >= 15 is 0 Å². The lowest BCUT2D eigenvalue weighted by Gasteiger charge is -2.32. The van der Waals surface area contributed by atoms with E-state index in [1.165, 1.54) is 0 Å². The summed E-state index contributed by atoms with van der Waals surface area (Å²) in [6.45, 7) is 5.67. The van der Waals surface area contributed by atoms with E-state index < -0.39 is 5.41 Å². The van der Waals surface area contributed by atoms with Gasteiger partial charge < -0.3 is 15.7 Å². The van der Waals surface area contributed by atoms with Crippen molar-refractivity contribution < 1.29 is 9.90 Å². The fourth-order valence-corrected chi connectivity index (χ4v) is 2.43. The molecule has 0 saturated carbocycles. The van der Waals surface area contributed by atoms with Crippen molar-refractivity contribution in [2.24, 2.45) is 5.41 Å². The highest BCUT2D eigenvalue weighted by molar-refractivity contribution is 5.96. The molecule has 0 bridgehead atoms.